The van der Waals surface area contributed by atoms with Gasteiger partial charge in [-0.05, 0) is 6.42 Å². The first kappa shape index (κ1) is 14.9. The minimum Gasteiger partial charge on any atom is -0.481 e. The van der Waals surface area contributed by atoms with Crippen molar-refractivity contribution in [1.29, 1.82) is 5.26 Å². The van der Waals surface area contributed by atoms with Gasteiger partial charge in [0.2, 0.25) is 5.91 Å². The molecular formula is C9H13N3O5. The third-order valence-electron chi connectivity index (χ3n) is 1.92. The summed E-state index contributed by atoms with van der Waals surface area (Å²) in [6.07, 6.45) is -0.767. The third-order valence-corrected chi connectivity index (χ3v) is 1.92. The molecule has 0 aromatic heterocycles. The van der Waals surface area contributed by atoms with E-state index in [1.54, 1.807) is 6.07 Å². The van der Waals surface area contributed by atoms with Crippen LogP contribution in [0, 0.1) is 11.3 Å². The Morgan fingerprint density at radius 3 is 2.35 bits per heavy atom. The molecule has 0 saturated carbocycles. The zero-order chi connectivity index (χ0) is 13.4. The smallest absolute Gasteiger partial charge is 0.327 e. The SMILES string of the molecule is N#CC[C@H](NC(=O)[C@@H](N)CCC(=O)O)C(=O)O. The predicted molar refractivity (Wildman–Crippen MR) is 54.6 cm³/mol. The number of nitrogens with one attached hydrogen (secondary N) is 1. The number of rotatable bonds is 7. The number of amides is 1. The van der Waals surface area contributed by atoms with Gasteiger partial charge in [0.25, 0.3) is 0 Å². The molecule has 0 aliphatic rings. The summed E-state index contributed by atoms with van der Waals surface area (Å²) in [6, 6.07) is -0.822. The molecule has 0 aromatic carbocycles. The molecule has 0 saturated heterocycles. The summed E-state index contributed by atoms with van der Waals surface area (Å²) in [5.41, 5.74) is 5.36. The van der Waals surface area contributed by atoms with Crippen molar-refractivity contribution in [2.24, 2.45) is 5.73 Å². The number of aliphatic carboxylic acids is 2. The summed E-state index contributed by atoms with van der Waals surface area (Å²) < 4.78 is 0. The highest BCUT2D eigenvalue weighted by Crippen LogP contribution is 1.97. The average Bonchev–Trinajstić information content (AvgIpc) is 2.24. The van der Waals surface area contributed by atoms with Crippen molar-refractivity contribution in [3.63, 3.8) is 0 Å². The molecule has 0 heterocycles. The number of nitriles is 1. The monoisotopic (exact) mass is 243 g/mol. The van der Waals surface area contributed by atoms with Gasteiger partial charge in [0.15, 0.2) is 0 Å². The summed E-state index contributed by atoms with van der Waals surface area (Å²) in [5, 5.41) is 27.4. The molecule has 94 valence electrons. The van der Waals surface area contributed by atoms with E-state index in [0.29, 0.717) is 0 Å². The summed E-state index contributed by atoms with van der Waals surface area (Å²) in [6.45, 7) is 0. The van der Waals surface area contributed by atoms with Gasteiger partial charge < -0.3 is 21.3 Å². The van der Waals surface area contributed by atoms with Crippen molar-refractivity contribution < 1.29 is 24.6 Å². The van der Waals surface area contributed by atoms with E-state index in [9.17, 15) is 14.4 Å². The molecule has 2 atom stereocenters. The molecule has 0 aliphatic carbocycles. The Morgan fingerprint density at radius 2 is 1.94 bits per heavy atom. The molecule has 0 aromatic rings. The standard InChI is InChI=1S/C9H13N3O5/c10-4-3-6(9(16)17)12-8(15)5(11)1-2-7(13)14/h5-6H,1-3,11H2,(H,12,15)(H,13,14)(H,16,17)/t5-,6-/m0/s1. The number of nitrogens with zero attached hydrogens (tertiary/aromatic N) is 1. The van der Waals surface area contributed by atoms with Crippen molar-refractivity contribution in [2.45, 2.75) is 31.3 Å². The van der Waals surface area contributed by atoms with Crippen LogP contribution in [-0.2, 0) is 14.4 Å². The van der Waals surface area contributed by atoms with Crippen LogP contribution in [0.4, 0.5) is 0 Å². The molecule has 8 heteroatoms. The van der Waals surface area contributed by atoms with E-state index in [1.165, 1.54) is 0 Å². The summed E-state index contributed by atoms with van der Waals surface area (Å²) in [4.78, 5) is 32.2. The number of nitrogens with two attached hydrogens (primary N) is 1. The molecule has 8 nitrogen and oxygen atoms in total. The van der Waals surface area contributed by atoms with E-state index in [1.807, 2.05) is 0 Å². The van der Waals surface area contributed by atoms with Gasteiger partial charge in [-0.15, -0.1) is 0 Å². The van der Waals surface area contributed by atoms with Gasteiger partial charge in [-0.3, -0.25) is 9.59 Å². The maximum absolute atomic E-state index is 11.3. The first-order valence-corrected chi connectivity index (χ1v) is 4.76. The number of carboxylic acid groups (broad SMARTS) is 2. The maximum Gasteiger partial charge on any atom is 0.327 e. The van der Waals surface area contributed by atoms with E-state index in [4.69, 9.17) is 21.2 Å². The predicted octanol–water partition coefficient (Wildman–Crippen LogP) is -1.34. The molecule has 0 radical (unpaired) electrons. The Morgan fingerprint density at radius 1 is 1.35 bits per heavy atom. The van der Waals surface area contributed by atoms with E-state index >= 15 is 0 Å². The maximum atomic E-state index is 11.3. The molecule has 0 fully saturated rings. The number of carbonyl (C=O) groups excluding carboxylic acids is 1. The average molecular weight is 243 g/mol. The molecule has 5 N–H and O–H groups in total. The minimum atomic E-state index is -1.34. The van der Waals surface area contributed by atoms with Crippen LogP contribution < -0.4 is 11.1 Å². The lowest BCUT2D eigenvalue weighted by molar-refractivity contribution is -0.142. The molecule has 1 amide bonds. The van der Waals surface area contributed by atoms with E-state index in [-0.39, 0.29) is 19.3 Å². The fourth-order valence-corrected chi connectivity index (χ4v) is 0.980. The van der Waals surface area contributed by atoms with E-state index in [2.05, 4.69) is 5.32 Å². The number of hydrogen-bond acceptors (Lipinski definition) is 5. The van der Waals surface area contributed by atoms with Gasteiger partial charge in [0, 0.05) is 6.42 Å². The van der Waals surface area contributed by atoms with Crippen LogP contribution in [-0.4, -0.2) is 40.1 Å². The van der Waals surface area contributed by atoms with Gasteiger partial charge >= 0.3 is 11.9 Å². The van der Waals surface area contributed by atoms with Crippen molar-refractivity contribution in [3.8, 4) is 6.07 Å². The first-order chi connectivity index (χ1) is 7.88. The summed E-state index contributed by atoms with van der Waals surface area (Å²) in [5.74, 6) is -3.22. The molecule has 0 aliphatic heterocycles. The number of carboxylic acids is 2. The van der Waals surface area contributed by atoms with E-state index < -0.39 is 29.9 Å². The second-order valence-electron chi connectivity index (χ2n) is 3.30. The molecule has 0 bridgehead atoms. The lowest BCUT2D eigenvalue weighted by Gasteiger charge is -2.15. The fraction of sp³-hybridized carbons (Fsp3) is 0.556. The zero-order valence-electron chi connectivity index (χ0n) is 8.92. The normalized spacial score (nSPS) is 13.2. The largest absolute Gasteiger partial charge is 0.481 e. The zero-order valence-corrected chi connectivity index (χ0v) is 8.92. The number of hydrogen-bond donors (Lipinski definition) is 4. The van der Waals surface area contributed by atoms with Crippen molar-refractivity contribution in [2.75, 3.05) is 0 Å². The van der Waals surface area contributed by atoms with Crippen LogP contribution in [0.2, 0.25) is 0 Å². The summed E-state index contributed by atoms with van der Waals surface area (Å²) in [7, 11) is 0. The molecular weight excluding hydrogens is 230 g/mol. The molecule has 0 rings (SSSR count). The van der Waals surface area contributed by atoms with Crippen LogP contribution in [0.25, 0.3) is 0 Å². The van der Waals surface area contributed by atoms with Gasteiger partial charge in [-0.1, -0.05) is 0 Å². The highest BCUT2D eigenvalue weighted by Gasteiger charge is 2.23. The second-order valence-corrected chi connectivity index (χ2v) is 3.30. The number of carbonyl (C=O) groups is 3. The van der Waals surface area contributed by atoms with Gasteiger partial charge in [-0.2, -0.15) is 5.26 Å². The molecule has 0 unspecified atom stereocenters. The Balaban J connectivity index is 4.26. The highest BCUT2D eigenvalue weighted by molar-refractivity contribution is 5.87. The van der Waals surface area contributed by atoms with Crippen LogP contribution in [0.3, 0.4) is 0 Å². The highest BCUT2D eigenvalue weighted by atomic mass is 16.4. The molecule has 0 spiro atoms. The Kier molecular flexibility index (Phi) is 6.28. The third kappa shape index (κ3) is 6.11. The lowest BCUT2D eigenvalue weighted by Crippen LogP contribution is -2.48. The topological polar surface area (TPSA) is 154 Å². The van der Waals surface area contributed by atoms with Gasteiger partial charge in [-0.25, -0.2) is 4.79 Å². The van der Waals surface area contributed by atoms with Crippen LogP contribution in [0.15, 0.2) is 0 Å². The Labute approximate surface area is 97.0 Å². The minimum absolute atomic E-state index is 0.0972. The molecule has 17 heavy (non-hydrogen) atoms. The van der Waals surface area contributed by atoms with Crippen molar-refractivity contribution in [3.05, 3.63) is 0 Å². The second kappa shape index (κ2) is 7.19. The summed E-state index contributed by atoms with van der Waals surface area (Å²) >= 11 is 0. The van der Waals surface area contributed by atoms with Crippen molar-refractivity contribution in [1.82, 2.24) is 5.32 Å². The van der Waals surface area contributed by atoms with Crippen LogP contribution >= 0.6 is 0 Å². The first-order valence-electron chi connectivity index (χ1n) is 4.76. The van der Waals surface area contributed by atoms with Crippen molar-refractivity contribution >= 4 is 17.8 Å². The quantitative estimate of drug-likeness (QED) is 0.431. The van der Waals surface area contributed by atoms with E-state index in [0.717, 1.165) is 0 Å². The Hall–Kier alpha value is -2.14. The van der Waals surface area contributed by atoms with Gasteiger partial charge in [0.1, 0.15) is 6.04 Å². The Bertz CT molecular complexity index is 349. The van der Waals surface area contributed by atoms with Crippen LogP contribution in [0.5, 0.6) is 0 Å². The van der Waals surface area contributed by atoms with Gasteiger partial charge in [0.05, 0.1) is 18.5 Å². The lowest BCUT2D eigenvalue weighted by atomic mass is 10.1. The van der Waals surface area contributed by atoms with Crippen LogP contribution in [0.1, 0.15) is 19.3 Å². The fourth-order valence-electron chi connectivity index (χ4n) is 0.980.